The highest BCUT2D eigenvalue weighted by atomic mass is 19.1. The van der Waals surface area contributed by atoms with Gasteiger partial charge in [0.2, 0.25) is 11.7 Å². The number of fused-ring (bicyclic) bond motifs is 8. The van der Waals surface area contributed by atoms with E-state index < -0.39 is 100 Å². The number of benzene rings is 3. The number of ether oxygens (including phenoxy) is 6. The number of ketones is 2. The summed E-state index contributed by atoms with van der Waals surface area (Å²) in [6.45, 7) is 10.9. The molecule has 3 saturated carbocycles. The number of carbonyl (C=O) groups is 6. The third kappa shape index (κ3) is 9.61. The fourth-order valence-corrected chi connectivity index (χ4v) is 12.3. The maximum absolute atomic E-state index is 17.8. The van der Waals surface area contributed by atoms with Crippen molar-refractivity contribution in [2.45, 2.75) is 122 Å². The van der Waals surface area contributed by atoms with E-state index in [9.17, 15) is 33.9 Å². The molecule has 0 unspecified atom stereocenters. The number of Topliss-reactive ketones (excluding diaryl/α,β-unsaturated/α-hetero) is 1. The molecule has 0 bridgehead atoms. The summed E-state index contributed by atoms with van der Waals surface area (Å²) in [7, 11) is 0. The third-order valence-corrected chi connectivity index (χ3v) is 15.7. The molecule has 2 amide bonds. The van der Waals surface area contributed by atoms with E-state index in [2.05, 4.69) is 15.6 Å². The third-order valence-electron chi connectivity index (χ3n) is 15.7. The molecule has 390 valence electrons. The Kier molecular flexibility index (Phi) is 13.7. The number of anilines is 1. The summed E-state index contributed by atoms with van der Waals surface area (Å²) in [5.41, 5.74) is -4.29. The van der Waals surface area contributed by atoms with Crippen LogP contribution in [0.2, 0.25) is 0 Å². The molecule has 5 aliphatic rings. The summed E-state index contributed by atoms with van der Waals surface area (Å²) in [6.07, 6.45) is 5.81. The number of aliphatic hydroxyl groups excluding tert-OH is 1. The number of rotatable bonds is 14. The Bertz CT molecular complexity index is 2950. The number of nitrogens with one attached hydrogen (secondary N) is 2. The number of amides is 2. The Morgan fingerprint density at radius 3 is 2.39 bits per heavy atom. The minimum atomic E-state index is -2.12. The minimum absolute atomic E-state index is 0.0578. The Balaban J connectivity index is 0.783. The second kappa shape index (κ2) is 19.5. The molecule has 17 heteroatoms. The smallest absolute Gasteiger partial charge is 0.407 e. The average Bonchev–Trinajstić information content (AvgIpc) is 3.77. The molecule has 9 atom stereocenters. The molecule has 4 fully saturated rings. The van der Waals surface area contributed by atoms with Crippen LogP contribution in [0.25, 0.3) is 10.8 Å². The molecular formula is C57H62FN3O13. The second-order valence-electron chi connectivity index (χ2n) is 21.9. The summed E-state index contributed by atoms with van der Waals surface area (Å²) >= 11 is 0. The van der Waals surface area contributed by atoms with E-state index >= 15 is 4.39 Å². The van der Waals surface area contributed by atoms with Crippen molar-refractivity contribution in [1.82, 2.24) is 10.3 Å². The van der Waals surface area contributed by atoms with Crippen LogP contribution < -0.4 is 15.4 Å². The zero-order valence-electron chi connectivity index (χ0n) is 42.5. The predicted molar refractivity (Wildman–Crippen MR) is 267 cm³/mol. The minimum Gasteiger partial charge on any atom is -0.482 e. The van der Waals surface area contributed by atoms with Crippen LogP contribution in [0.1, 0.15) is 102 Å². The summed E-state index contributed by atoms with van der Waals surface area (Å²) in [5.74, 6) is -5.50. The van der Waals surface area contributed by atoms with Crippen molar-refractivity contribution in [3.8, 4) is 5.75 Å². The number of hydrogen-bond acceptors (Lipinski definition) is 14. The number of halogens is 1. The van der Waals surface area contributed by atoms with Crippen molar-refractivity contribution in [3.63, 3.8) is 0 Å². The number of nitrogens with zero attached hydrogens (tertiary/aromatic N) is 1. The lowest BCUT2D eigenvalue weighted by Crippen LogP contribution is -2.70. The van der Waals surface area contributed by atoms with E-state index in [-0.39, 0.29) is 49.0 Å². The van der Waals surface area contributed by atoms with Crippen LogP contribution in [-0.4, -0.2) is 100 Å². The molecule has 1 saturated heterocycles. The normalized spacial score (nSPS) is 28.8. The quantitative estimate of drug-likeness (QED) is 0.0802. The van der Waals surface area contributed by atoms with Gasteiger partial charge in [-0.1, -0.05) is 48.9 Å². The number of carbonyl (C=O) groups excluding carboxylic acids is 6. The van der Waals surface area contributed by atoms with Crippen LogP contribution >= 0.6 is 0 Å². The molecule has 3 N–H and O–H groups in total. The van der Waals surface area contributed by atoms with Crippen LogP contribution in [-0.2, 0) is 49.5 Å². The topological polar surface area (TPSA) is 215 Å². The van der Waals surface area contributed by atoms with Crippen LogP contribution in [0, 0.1) is 22.7 Å². The monoisotopic (exact) mass is 1020 g/mol. The van der Waals surface area contributed by atoms with Gasteiger partial charge in [-0.15, -0.1) is 0 Å². The number of hydrogen-bond donors (Lipinski definition) is 3. The van der Waals surface area contributed by atoms with Gasteiger partial charge in [0.25, 0.3) is 0 Å². The van der Waals surface area contributed by atoms with Gasteiger partial charge >= 0.3 is 18.0 Å². The molecule has 0 spiro atoms. The van der Waals surface area contributed by atoms with E-state index in [4.69, 9.17) is 28.4 Å². The lowest BCUT2D eigenvalue weighted by Gasteiger charge is -2.62. The van der Waals surface area contributed by atoms with Gasteiger partial charge in [0.05, 0.1) is 23.7 Å². The zero-order valence-corrected chi connectivity index (χ0v) is 42.5. The first-order valence-electron chi connectivity index (χ1n) is 24.9. The molecular weight excluding hydrogens is 954 g/mol. The molecule has 3 aromatic carbocycles. The van der Waals surface area contributed by atoms with Crippen LogP contribution in [0.15, 0.2) is 109 Å². The lowest BCUT2D eigenvalue weighted by atomic mass is 9.44. The number of aliphatic hydroxyl groups is 1. The van der Waals surface area contributed by atoms with E-state index in [0.717, 1.165) is 10.8 Å². The van der Waals surface area contributed by atoms with Gasteiger partial charge in [-0.25, -0.2) is 18.8 Å². The van der Waals surface area contributed by atoms with Gasteiger partial charge in [0.15, 0.2) is 36.1 Å². The molecule has 9 rings (SSSR count). The number of allylic oxidation sites excluding steroid dienone is 4. The summed E-state index contributed by atoms with van der Waals surface area (Å²) in [6, 6.07) is 19.9. The van der Waals surface area contributed by atoms with E-state index in [1.54, 1.807) is 90.3 Å². The Morgan fingerprint density at radius 2 is 1.66 bits per heavy atom. The lowest BCUT2D eigenvalue weighted by molar-refractivity contribution is -0.246. The highest BCUT2D eigenvalue weighted by Gasteiger charge is 2.80. The number of esters is 2. The van der Waals surface area contributed by atoms with Gasteiger partial charge in [-0.2, -0.15) is 0 Å². The molecule has 2 heterocycles. The van der Waals surface area contributed by atoms with Crippen molar-refractivity contribution in [2.75, 3.05) is 25.1 Å². The van der Waals surface area contributed by atoms with E-state index in [1.165, 1.54) is 36.4 Å². The maximum Gasteiger partial charge on any atom is 0.407 e. The van der Waals surface area contributed by atoms with Gasteiger partial charge in [-0.3, -0.25) is 19.4 Å². The van der Waals surface area contributed by atoms with Gasteiger partial charge in [-0.05, 0) is 144 Å². The standard InChI is InChI=1S/C57H62FN3O13/c1-52(2,3)73-51(68)60-29-42(49(66)61-39-16-12-37-28-59-23-21-36(37)24-39)34-10-8-33(9-11-34)30-70-48(65)32-69-41-17-13-35(14-18-41)50(67)71-31-46(64)57-47(72-53(4,5)74-57)26-44-43-19-15-38-25-40(62)20-22-54(38,6)56(43,58)45(63)27-55(44,57)7/h8-14,16-18,20-25,28,42-45,47,63H,15,19,26-27,29-32H2,1-7H3,(H,60,68)(H,61,66)/t42-,43+,44+,45+,47-,54+,55+,56+,57-/m1/s1. The largest absolute Gasteiger partial charge is 0.482 e. The van der Waals surface area contributed by atoms with Crippen LogP contribution in [0.3, 0.4) is 0 Å². The highest BCUT2D eigenvalue weighted by Crippen LogP contribution is 2.72. The number of pyridine rings is 1. The first kappa shape index (κ1) is 52.1. The predicted octanol–water partition coefficient (Wildman–Crippen LogP) is 8.20. The van der Waals surface area contributed by atoms with Crippen molar-refractivity contribution < 1.29 is 66.7 Å². The Morgan fingerprint density at radius 1 is 0.919 bits per heavy atom. The fraction of sp³-hybridized carbons (Fsp3) is 0.456. The zero-order chi connectivity index (χ0) is 53.0. The maximum atomic E-state index is 17.8. The molecule has 16 nitrogen and oxygen atoms in total. The fourth-order valence-electron chi connectivity index (χ4n) is 12.3. The van der Waals surface area contributed by atoms with Gasteiger partial charge < -0.3 is 44.2 Å². The molecule has 4 aliphatic carbocycles. The molecule has 0 radical (unpaired) electrons. The van der Waals surface area contributed by atoms with Crippen molar-refractivity contribution in [3.05, 3.63) is 126 Å². The summed E-state index contributed by atoms with van der Waals surface area (Å²) < 4.78 is 52.8. The number of aromatic nitrogens is 1. The summed E-state index contributed by atoms with van der Waals surface area (Å²) in [5, 5.41) is 19.3. The van der Waals surface area contributed by atoms with Crippen molar-refractivity contribution >= 4 is 52.0 Å². The average molecular weight is 1020 g/mol. The molecule has 1 aliphatic heterocycles. The Labute approximate surface area is 428 Å². The highest BCUT2D eigenvalue weighted by molar-refractivity contribution is 6.01. The number of alkyl halides is 1. The van der Waals surface area contributed by atoms with Crippen LogP contribution in [0.4, 0.5) is 14.9 Å². The Hall–Kier alpha value is -6.82. The van der Waals surface area contributed by atoms with Gasteiger partial charge in [0.1, 0.15) is 18.0 Å². The molecule has 4 aromatic rings. The van der Waals surface area contributed by atoms with E-state index in [1.807, 2.05) is 25.1 Å². The van der Waals surface area contributed by atoms with Gasteiger partial charge in [0, 0.05) is 46.8 Å². The van der Waals surface area contributed by atoms with Crippen molar-refractivity contribution in [2.24, 2.45) is 22.7 Å². The van der Waals surface area contributed by atoms with Crippen molar-refractivity contribution in [1.29, 1.82) is 0 Å². The first-order chi connectivity index (χ1) is 34.9. The van der Waals surface area contributed by atoms with Crippen LogP contribution in [0.5, 0.6) is 5.75 Å². The SMILES string of the molecule is CC(C)(C)OC(=O)NC[C@@H](C(=O)Nc1ccc2cnccc2c1)c1ccc(COC(=O)COc2ccc(C(=O)OCC(=O)[C@@]34OC(C)(C)O[C@@H]3C[C@H]3[C@@H]5CCC6=CC(=O)C=C[C@]6(C)[C@@]5(F)[C@@H](O)C[C@@]34C)cc2)cc1. The molecule has 1 aromatic heterocycles. The first-order valence-corrected chi connectivity index (χ1v) is 24.9. The number of alkyl carbamates (subject to hydrolysis) is 1. The summed E-state index contributed by atoms with van der Waals surface area (Å²) in [4.78, 5) is 83.5. The second-order valence-corrected chi connectivity index (χ2v) is 21.9. The molecule has 74 heavy (non-hydrogen) atoms. The van der Waals surface area contributed by atoms with E-state index in [0.29, 0.717) is 35.2 Å².